The van der Waals surface area contributed by atoms with Crippen LogP contribution < -0.4 is 0 Å². The van der Waals surface area contributed by atoms with Gasteiger partial charge in [0.2, 0.25) is 0 Å². The van der Waals surface area contributed by atoms with E-state index in [1.54, 1.807) is 6.92 Å². The summed E-state index contributed by atoms with van der Waals surface area (Å²) in [6.45, 7) is 5.42. The number of Topliss-reactive ketones (excluding diaryl/α,β-unsaturated/α-hetero) is 1. The molecular formula is C14H22O3. The fourth-order valence-corrected chi connectivity index (χ4v) is 3.98. The van der Waals surface area contributed by atoms with Gasteiger partial charge in [-0.1, -0.05) is 6.92 Å². The molecule has 0 spiro atoms. The summed E-state index contributed by atoms with van der Waals surface area (Å²) in [6, 6.07) is 0. The Kier molecular flexibility index (Phi) is 3.55. The molecule has 17 heavy (non-hydrogen) atoms. The number of carbonyl (C=O) groups is 2. The molecule has 96 valence electrons. The number of ketones is 1. The normalized spacial score (nSPS) is 40.8. The van der Waals surface area contributed by atoms with Crippen molar-refractivity contribution >= 4 is 11.8 Å². The molecule has 3 heteroatoms. The van der Waals surface area contributed by atoms with Crippen molar-refractivity contribution in [3.63, 3.8) is 0 Å². The Balaban J connectivity index is 2.13. The molecule has 0 aromatic heterocycles. The summed E-state index contributed by atoms with van der Waals surface area (Å²) in [4.78, 5) is 22.8. The highest BCUT2D eigenvalue weighted by Gasteiger charge is 2.48. The van der Waals surface area contributed by atoms with Gasteiger partial charge >= 0.3 is 5.97 Å². The molecule has 2 aliphatic carbocycles. The van der Waals surface area contributed by atoms with Crippen molar-refractivity contribution in [3.05, 3.63) is 0 Å². The van der Waals surface area contributed by atoms with Crippen LogP contribution in [0.4, 0.5) is 0 Å². The van der Waals surface area contributed by atoms with Gasteiger partial charge in [-0.3, -0.25) is 9.59 Å². The third-order valence-corrected chi connectivity index (χ3v) is 4.65. The molecule has 2 rings (SSSR count). The van der Waals surface area contributed by atoms with Gasteiger partial charge in [-0.05, 0) is 50.4 Å². The van der Waals surface area contributed by atoms with Crippen molar-refractivity contribution in [1.82, 2.24) is 0 Å². The summed E-state index contributed by atoms with van der Waals surface area (Å²) in [6.07, 6.45) is 4.11. The zero-order valence-corrected chi connectivity index (χ0v) is 10.9. The van der Waals surface area contributed by atoms with E-state index in [1.807, 2.05) is 0 Å². The van der Waals surface area contributed by atoms with Gasteiger partial charge < -0.3 is 4.74 Å². The topological polar surface area (TPSA) is 43.4 Å². The second kappa shape index (κ2) is 4.79. The van der Waals surface area contributed by atoms with Crippen LogP contribution in [0.1, 0.15) is 46.5 Å². The Hall–Kier alpha value is -0.860. The van der Waals surface area contributed by atoms with Gasteiger partial charge in [-0.2, -0.15) is 0 Å². The van der Waals surface area contributed by atoms with Crippen molar-refractivity contribution in [3.8, 4) is 0 Å². The van der Waals surface area contributed by atoms with E-state index in [4.69, 9.17) is 4.74 Å². The first-order chi connectivity index (χ1) is 8.00. The number of esters is 1. The van der Waals surface area contributed by atoms with E-state index in [0.717, 1.165) is 25.7 Å². The average molecular weight is 238 g/mol. The zero-order chi connectivity index (χ0) is 12.6. The fourth-order valence-electron chi connectivity index (χ4n) is 3.98. The SMILES string of the molecule is CC(=O)OC1CC[C@H](C)C2C(C(C)=O)CCC12. The summed E-state index contributed by atoms with van der Waals surface area (Å²) in [5, 5.41) is 0. The molecule has 2 aliphatic rings. The van der Waals surface area contributed by atoms with Crippen LogP contribution in [0, 0.1) is 23.7 Å². The molecule has 5 atom stereocenters. The molecule has 0 N–H and O–H groups in total. The Morgan fingerprint density at radius 3 is 2.35 bits per heavy atom. The molecule has 0 saturated heterocycles. The molecule has 0 aliphatic heterocycles. The maximum absolute atomic E-state index is 11.7. The lowest BCUT2D eigenvalue weighted by atomic mass is 9.69. The van der Waals surface area contributed by atoms with Gasteiger partial charge in [0.25, 0.3) is 0 Å². The van der Waals surface area contributed by atoms with E-state index in [0.29, 0.717) is 23.5 Å². The second-order valence-corrected chi connectivity index (χ2v) is 5.74. The second-order valence-electron chi connectivity index (χ2n) is 5.74. The van der Waals surface area contributed by atoms with Crippen LogP contribution in [0.25, 0.3) is 0 Å². The first kappa shape index (κ1) is 12.6. The Labute approximate surface area is 103 Å². The zero-order valence-electron chi connectivity index (χ0n) is 10.9. The van der Waals surface area contributed by atoms with Crippen LogP contribution in [0.5, 0.6) is 0 Å². The smallest absolute Gasteiger partial charge is 0.302 e. The summed E-state index contributed by atoms with van der Waals surface area (Å²) in [7, 11) is 0. The van der Waals surface area contributed by atoms with E-state index in [1.165, 1.54) is 6.92 Å². The molecule has 0 aromatic rings. The van der Waals surface area contributed by atoms with E-state index in [9.17, 15) is 9.59 Å². The van der Waals surface area contributed by atoms with Crippen molar-refractivity contribution in [1.29, 1.82) is 0 Å². The standard InChI is InChI=1S/C14H22O3/c1-8-4-7-13(17-10(3)16)12-6-5-11(9(2)15)14(8)12/h8,11-14H,4-7H2,1-3H3/t8-,11?,12?,13?,14?/m0/s1. The van der Waals surface area contributed by atoms with Crippen molar-refractivity contribution in [2.24, 2.45) is 23.7 Å². The molecule has 2 fully saturated rings. The largest absolute Gasteiger partial charge is 0.462 e. The highest BCUT2D eigenvalue weighted by atomic mass is 16.5. The molecule has 2 saturated carbocycles. The third-order valence-electron chi connectivity index (χ3n) is 4.65. The van der Waals surface area contributed by atoms with E-state index in [-0.39, 0.29) is 18.0 Å². The molecule has 0 heterocycles. The number of carbonyl (C=O) groups excluding carboxylic acids is 2. The molecule has 0 aromatic carbocycles. The lowest BCUT2D eigenvalue weighted by Gasteiger charge is -2.39. The lowest BCUT2D eigenvalue weighted by molar-refractivity contribution is -0.153. The van der Waals surface area contributed by atoms with Crippen LogP contribution in [-0.4, -0.2) is 17.9 Å². The maximum atomic E-state index is 11.7. The van der Waals surface area contributed by atoms with E-state index in [2.05, 4.69) is 6.92 Å². The highest BCUT2D eigenvalue weighted by Crippen LogP contribution is 2.49. The van der Waals surface area contributed by atoms with E-state index < -0.39 is 0 Å². The minimum absolute atomic E-state index is 0.0537. The van der Waals surface area contributed by atoms with Gasteiger partial charge in [-0.25, -0.2) is 0 Å². The highest BCUT2D eigenvalue weighted by molar-refractivity contribution is 5.79. The quantitative estimate of drug-likeness (QED) is 0.694. The Morgan fingerprint density at radius 1 is 1.06 bits per heavy atom. The number of ether oxygens (including phenoxy) is 1. The molecule has 0 radical (unpaired) electrons. The Morgan fingerprint density at radius 2 is 1.76 bits per heavy atom. The van der Waals surface area contributed by atoms with Gasteiger partial charge in [0.05, 0.1) is 0 Å². The summed E-state index contributed by atoms with van der Waals surface area (Å²) < 4.78 is 5.43. The number of rotatable bonds is 2. The summed E-state index contributed by atoms with van der Waals surface area (Å²) in [5.41, 5.74) is 0. The van der Waals surface area contributed by atoms with Gasteiger partial charge in [0, 0.05) is 12.8 Å². The minimum Gasteiger partial charge on any atom is -0.462 e. The summed E-state index contributed by atoms with van der Waals surface area (Å²) in [5.74, 6) is 1.76. The number of hydrogen-bond acceptors (Lipinski definition) is 3. The average Bonchev–Trinajstić information content (AvgIpc) is 2.67. The fraction of sp³-hybridized carbons (Fsp3) is 0.857. The van der Waals surface area contributed by atoms with Crippen LogP contribution in [0.15, 0.2) is 0 Å². The van der Waals surface area contributed by atoms with Crippen LogP contribution >= 0.6 is 0 Å². The first-order valence-electron chi connectivity index (χ1n) is 6.68. The molecule has 3 nitrogen and oxygen atoms in total. The summed E-state index contributed by atoms with van der Waals surface area (Å²) >= 11 is 0. The monoisotopic (exact) mass is 238 g/mol. The third kappa shape index (κ3) is 2.38. The molecule has 0 amide bonds. The van der Waals surface area contributed by atoms with Crippen LogP contribution in [0.2, 0.25) is 0 Å². The molecular weight excluding hydrogens is 216 g/mol. The Bertz CT molecular complexity index is 323. The molecule has 0 bridgehead atoms. The van der Waals surface area contributed by atoms with E-state index >= 15 is 0 Å². The van der Waals surface area contributed by atoms with Gasteiger partial charge in [0.15, 0.2) is 0 Å². The first-order valence-corrected chi connectivity index (χ1v) is 6.68. The number of fused-ring (bicyclic) bond motifs is 1. The number of hydrogen-bond donors (Lipinski definition) is 0. The minimum atomic E-state index is -0.186. The predicted octanol–water partition coefficient (Wildman–Crippen LogP) is 2.58. The van der Waals surface area contributed by atoms with Crippen LogP contribution in [0.3, 0.4) is 0 Å². The molecule has 4 unspecified atom stereocenters. The van der Waals surface area contributed by atoms with Crippen molar-refractivity contribution in [2.45, 2.75) is 52.6 Å². The van der Waals surface area contributed by atoms with Crippen molar-refractivity contribution < 1.29 is 14.3 Å². The van der Waals surface area contributed by atoms with Crippen LogP contribution in [-0.2, 0) is 14.3 Å². The van der Waals surface area contributed by atoms with Gasteiger partial charge in [0.1, 0.15) is 11.9 Å². The maximum Gasteiger partial charge on any atom is 0.302 e. The predicted molar refractivity (Wildman–Crippen MR) is 64.3 cm³/mol. The lowest BCUT2D eigenvalue weighted by Crippen LogP contribution is -2.39. The van der Waals surface area contributed by atoms with Gasteiger partial charge in [-0.15, -0.1) is 0 Å². The van der Waals surface area contributed by atoms with Crippen molar-refractivity contribution in [2.75, 3.05) is 0 Å².